The van der Waals surface area contributed by atoms with Crippen LogP contribution in [0.3, 0.4) is 0 Å². The maximum atomic E-state index is 12.0. The number of benzene rings is 3. The highest BCUT2D eigenvalue weighted by Gasteiger charge is 2.13. The predicted octanol–water partition coefficient (Wildman–Crippen LogP) is 4.71. The second-order valence-electron chi connectivity index (χ2n) is 7.07. The van der Waals surface area contributed by atoms with Gasteiger partial charge < -0.3 is 14.8 Å². The average Bonchev–Trinajstić information content (AvgIpc) is 2.81. The van der Waals surface area contributed by atoms with Crippen LogP contribution in [0.2, 0.25) is 5.02 Å². The van der Waals surface area contributed by atoms with Crippen LogP contribution in [0.15, 0.2) is 71.8 Å². The summed E-state index contributed by atoms with van der Waals surface area (Å²) in [6.45, 7) is 4.61. The lowest BCUT2D eigenvalue weighted by molar-refractivity contribution is -0.136. The molecule has 0 unspecified atom stereocenters. The molecule has 0 bridgehead atoms. The number of aryl methyl sites for hydroxylation is 1. The highest BCUT2D eigenvalue weighted by atomic mass is 35.5. The summed E-state index contributed by atoms with van der Waals surface area (Å²) in [4.78, 5) is 24.0. The number of nitrogens with zero attached hydrogens (tertiary/aromatic N) is 1. The third-order valence-corrected chi connectivity index (χ3v) is 4.72. The summed E-state index contributed by atoms with van der Waals surface area (Å²) in [6, 6.07) is 19.8. The van der Waals surface area contributed by atoms with Crippen LogP contribution in [-0.4, -0.2) is 24.6 Å². The zero-order chi connectivity index (χ0) is 23.6. The number of ether oxygens (including phenoxy) is 2. The fraction of sp³-hybridized carbons (Fsp3) is 0.160. The van der Waals surface area contributed by atoms with Crippen molar-refractivity contribution < 1.29 is 19.1 Å². The van der Waals surface area contributed by atoms with Crippen LogP contribution in [0.5, 0.6) is 11.5 Å². The fourth-order valence-corrected chi connectivity index (χ4v) is 2.90. The van der Waals surface area contributed by atoms with Crippen LogP contribution in [-0.2, 0) is 16.2 Å². The molecule has 0 heterocycles. The van der Waals surface area contributed by atoms with E-state index in [1.807, 2.05) is 38.1 Å². The first kappa shape index (κ1) is 23.8. The Bertz CT molecular complexity index is 1130. The molecule has 3 aromatic rings. The van der Waals surface area contributed by atoms with Crippen LogP contribution in [0.25, 0.3) is 0 Å². The zero-order valence-corrected chi connectivity index (χ0v) is 19.1. The van der Waals surface area contributed by atoms with Gasteiger partial charge in [-0.15, -0.1) is 0 Å². The molecule has 0 saturated heterocycles. The Hall–Kier alpha value is -3.84. The van der Waals surface area contributed by atoms with Gasteiger partial charge in [0.1, 0.15) is 6.61 Å². The van der Waals surface area contributed by atoms with Gasteiger partial charge in [0.05, 0.1) is 12.8 Å². The minimum Gasteiger partial charge on any atom is -0.490 e. The Morgan fingerprint density at radius 1 is 0.939 bits per heavy atom. The van der Waals surface area contributed by atoms with Gasteiger partial charge in [0, 0.05) is 10.7 Å². The molecule has 3 rings (SSSR count). The molecule has 2 N–H and O–H groups in total. The van der Waals surface area contributed by atoms with Crippen molar-refractivity contribution in [1.82, 2.24) is 5.43 Å². The molecule has 0 spiro atoms. The zero-order valence-electron chi connectivity index (χ0n) is 18.3. The van der Waals surface area contributed by atoms with E-state index in [0.29, 0.717) is 41.0 Å². The molecule has 0 aliphatic heterocycles. The van der Waals surface area contributed by atoms with Crippen molar-refractivity contribution >= 4 is 35.3 Å². The summed E-state index contributed by atoms with van der Waals surface area (Å²) >= 11 is 5.91. The minimum atomic E-state index is -0.875. The molecule has 0 aromatic heterocycles. The number of rotatable bonds is 8. The number of anilines is 1. The first-order chi connectivity index (χ1) is 15.9. The molecule has 0 atom stereocenters. The summed E-state index contributed by atoms with van der Waals surface area (Å²) in [5.74, 6) is -0.568. The standard InChI is InChI=1S/C25H24ClN3O4/c1-3-32-23-14-19(8-13-22(23)33-16-18-6-9-20(26)10-7-18)15-27-29-25(31)24(30)28-21-11-4-17(2)5-12-21/h4-15H,3,16H2,1-2H3,(H,28,30)(H,29,31)/b27-15+. The first-order valence-electron chi connectivity index (χ1n) is 10.3. The van der Waals surface area contributed by atoms with Crippen molar-refractivity contribution in [3.8, 4) is 11.5 Å². The molecule has 33 heavy (non-hydrogen) atoms. The van der Waals surface area contributed by atoms with Crippen molar-refractivity contribution in [1.29, 1.82) is 0 Å². The molecule has 0 radical (unpaired) electrons. The van der Waals surface area contributed by atoms with Gasteiger partial charge >= 0.3 is 11.8 Å². The quantitative estimate of drug-likeness (QED) is 0.286. The first-order valence-corrected chi connectivity index (χ1v) is 10.7. The fourth-order valence-electron chi connectivity index (χ4n) is 2.78. The molecular formula is C25H24ClN3O4. The second kappa shape index (κ2) is 11.7. The number of hydrogen-bond acceptors (Lipinski definition) is 5. The minimum absolute atomic E-state index is 0.358. The Morgan fingerprint density at radius 2 is 1.67 bits per heavy atom. The highest BCUT2D eigenvalue weighted by molar-refractivity contribution is 6.39. The van der Waals surface area contributed by atoms with Crippen LogP contribution in [0.4, 0.5) is 5.69 Å². The topological polar surface area (TPSA) is 89.0 Å². The van der Waals surface area contributed by atoms with E-state index in [1.54, 1.807) is 42.5 Å². The third-order valence-electron chi connectivity index (χ3n) is 4.47. The number of amides is 2. The van der Waals surface area contributed by atoms with Gasteiger partial charge in [-0.2, -0.15) is 5.10 Å². The second-order valence-corrected chi connectivity index (χ2v) is 7.51. The molecule has 170 valence electrons. The summed E-state index contributed by atoms with van der Waals surface area (Å²) < 4.78 is 11.5. The van der Waals surface area contributed by atoms with Crippen LogP contribution < -0.4 is 20.2 Å². The van der Waals surface area contributed by atoms with E-state index >= 15 is 0 Å². The van der Waals surface area contributed by atoms with Gasteiger partial charge in [0.15, 0.2) is 11.5 Å². The van der Waals surface area contributed by atoms with Gasteiger partial charge in [-0.05, 0) is 67.4 Å². The normalized spacial score (nSPS) is 10.6. The molecule has 2 amide bonds. The summed E-state index contributed by atoms with van der Waals surface area (Å²) in [6.07, 6.45) is 1.42. The van der Waals surface area contributed by atoms with E-state index in [2.05, 4.69) is 15.8 Å². The highest BCUT2D eigenvalue weighted by Crippen LogP contribution is 2.29. The summed E-state index contributed by atoms with van der Waals surface area (Å²) in [7, 11) is 0. The molecule has 0 aliphatic carbocycles. The number of nitrogens with one attached hydrogen (secondary N) is 2. The summed E-state index contributed by atoms with van der Waals surface area (Å²) in [5, 5.41) is 7.03. The van der Waals surface area contributed by atoms with E-state index in [0.717, 1.165) is 11.1 Å². The molecule has 7 nitrogen and oxygen atoms in total. The largest absolute Gasteiger partial charge is 0.490 e. The predicted molar refractivity (Wildman–Crippen MR) is 129 cm³/mol. The van der Waals surface area contributed by atoms with Crippen molar-refractivity contribution in [2.45, 2.75) is 20.5 Å². The van der Waals surface area contributed by atoms with Crippen molar-refractivity contribution in [3.63, 3.8) is 0 Å². The lowest BCUT2D eigenvalue weighted by Gasteiger charge is -2.12. The molecule has 0 aliphatic rings. The van der Waals surface area contributed by atoms with Crippen molar-refractivity contribution in [2.75, 3.05) is 11.9 Å². The Balaban J connectivity index is 1.58. The third kappa shape index (κ3) is 7.36. The molecule has 8 heteroatoms. The van der Waals surface area contributed by atoms with Gasteiger partial charge in [-0.25, -0.2) is 5.43 Å². The van der Waals surface area contributed by atoms with Gasteiger partial charge in [-0.3, -0.25) is 9.59 Å². The van der Waals surface area contributed by atoms with Crippen LogP contribution in [0.1, 0.15) is 23.6 Å². The van der Waals surface area contributed by atoms with Gasteiger partial charge in [0.25, 0.3) is 0 Å². The maximum absolute atomic E-state index is 12.0. The number of carbonyl (C=O) groups is 2. The number of hydrogen-bond donors (Lipinski definition) is 2. The molecule has 3 aromatic carbocycles. The smallest absolute Gasteiger partial charge is 0.329 e. The van der Waals surface area contributed by atoms with E-state index < -0.39 is 11.8 Å². The molecule has 0 saturated carbocycles. The number of hydrazone groups is 1. The van der Waals surface area contributed by atoms with E-state index in [1.165, 1.54) is 6.21 Å². The molecule has 0 fully saturated rings. The Kier molecular flexibility index (Phi) is 8.43. The van der Waals surface area contributed by atoms with Gasteiger partial charge in [0.2, 0.25) is 0 Å². The SMILES string of the molecule is CCOc1cc(/C=N/NC(=O)C(=O)Nc2ccc(C)cc2)ccc1OCc1ccc(Cl)cc1. The van der Waals surface area contributed by atoms with Crippen molar-refractivity contribution in [3.05, 3.63) is 88.4 Å². The van der Waals surface area contributed by atoms with Crippen molar-refractivity contribution in [2.24, 2.45) is 5.10 Å². The van der Waals surface area contributed by atoms with E-state index in [-0.39, 0.29) is 0 Å². The average molecular weight is 466 g/mol. The van der Waals surface area contributed by atoms with E-state index in [9.17, 15) is 9.59 Å². The summed E-state index contributed by atoms with van der Waals surface area (Å²) in [5.41, 5.74) is 5.43. The van der Waals surface area contributed by atoms with Gasteiger partial charge in [-0.1, -0.05) is 41.4 Å². The monoisotopic (exact) mass is 465 g/mol. The van der Waals surface area contributed by atoms with Crippen LogP contribution >= 0.6 is 11.6 Å². The van der Waals surface area contributed by atoms with Crippen LogP contribution in [0, 0.1) is 6.92 Å². The Morgan fingerprint density at radius 3 is 2.36 bits per heavy atom. The maximum Gasteiger partial charge on any atom is 0.329 e. The number of carbonyl (C=O) groups excluding carboxylic acids is 2. The lowest BCUT2D eigenvalue weighted by atomic mass is 10.2. The lowest BCUT2D eigenvalue weighted by Crippen LogP contribution is -2.32. The van der Waals surface area contributed by atoms with E-state index in [4.69, 9.17) is 21.1 Å². The molecular weight excluding hydrogens is 442 g/mol. The Labute approximate surface area is 197 Å². The number of halogens is 1.